The zero-order valence-electron chi connectivity index (χ0n) is 10.1. The van der Waals surface area contributed by atoms with Crippen molar-refractivity contribution in [1.29, 1.82) is 0 Å². The second-order valence-electron chi connectivity index (χ2n) is 4.10. The fraction of sp³-hybridized carbons (Fsp3) is 0. The van der Waals surface area contributed by atoms with Gasteiger partial charge in [0.15, 0.2) is 5.82 Å². The number of rotatable bonds is 2. The van der Waals surface area contributed by atoms with Crippen molar-refractivity contribution in [2.45, 2.75) is 0 Å². The third-order valence-electron chi connectivity index (χ3n) is 2.79. The molecular weight excluding hydrogens is 317 g/mol. The molecule has 0 unspecified atom stereocenters. The van der Waals surface area contributed by atoms with Gasteiger partial charge in [-0.2, -0.15) is 5.10 Å². The van der Waals surface area contributed by atoms with Gasteiger partial charge in [-0.1, -0.05) is 34.8 Å². The van der Waals surface area contributed by atoms with Crippen LogP contribution in [-0.4, -0.2) is 14.8 Å². The molecule has 3 rings (SSSR count). The molecule has 0 N–H and O–H groups in total. The normalized spacial score (nSPS) is 10.8. The fourth-order valence-corrected chi connectivity index (χ4v) is 2.48. The molecule has 0 radical (unpaired) electrons. The Bertz CT molecular complexity index is 751. The molecule has 1 aromatic heterocycles. The van der Waals surface area contributed by atoms with Crippen LogP contribution in [0, 0.1) is 0 Å². The van der Waals surface area contributed by atoms with Gasteiger partial charge in [0.1, 0.15) is 6.33 Å². The van der Waals surface area contributed by atoms with Crippen LogP contribution < -0.4 is 0 Å². The zero-order chi connectivity index (χ0) is 14.1. The number of aromatic nitrogens is 3. The van der Waals surface area contributed by atoms with E-state index in [0.29, 0.717) is 20.9 Å². The molecule has 0 aliphatic carbocycles. The molecule has 0 aliphatic heterocycles. The second-order valence-corrected chi connectivity index (χ2v) is 5.38. The maximum absolute atomic E-state index is 6.21. The largest absolute Gasteiger partial charge is 0.215 e. The summed E-state index contributed by atoms with van der Waals surface area (Å²) >= 11 is 18.0. The van der Waals surface area contributed by atoms with E-state index < -0.39 is 0 Å². The first kappa shape index (κ1) is 13.4. The minimum absolute atomic E-state index is 0.512. The van der Waals surface area contributed by atoms with Gasteiger partial charge in [-0.25, -0.2) is 9.67 Å². The highest BCUT2D eigenvalue weighted by Crippen LogP contribution is 2.28. The van der Waals surface area contributed by atoms with E-state index in [1.165, 1.54) is 6.33 Å². The number of benzene rings is 2. The summed E-state index contributed by atoms with van der Waals surface area (Å²) in [6, 6.07) is 12.6. The van der Waals surface area contributed by atoms with Crippen LogP contribution in [0.2, 0.25) is 15.1 Å². The van der Waals surface area contributed by atoms with Crippen molar-refractivity contribution in [2.24, 2.45) is 0 Å². The minimum Gasteiger partial charge on any atom is -0.215 e. The highest BCUT2D eigenvalue weighted by molar-refractivity contribution is 6.35. The first-order chi connectivity index (χ1) is 9.65. The van der Waals surface area contributed by atoms with E-state index in [9.17, 15) is 0 Å². The molecule has 0 fully saturated rings. The Kier molecular flexibility index (Phi) is 3.66. The third-order valence-corrected chi connectivity index (χ3v) is 3.58. The van der Waals surface area contributed by atoms with Gasteiger partial charge in [0.2, 0.25) is 0 Å². The van der Waals surface area contributed by atoms with Gasteiger partial charge < -0.3 is 0 Å². The fourth-order valence-electron chi connectivity index (χ4n) is 1.87. The lowest BCUT2D eigenvalue weighted by Gasteiger charge is -2.08. The van der Waals surface area contributed by atoms with E-state index in [1.54, 1.807) is 35.0 Å². The van der Waals surface area contributed by atoms with Crippen molar-refractivity contribution in [2.75, 3.05) is 0 Å². The average Bonchev–Trinajstić information content (AvgIpc) is 2.88. The summed E-state index contributed by atoms with van der Waals surface area (Å²) in [6.07, 6.45) is 1.48. The van der Waals surface area contributed by atoms with Gasteiger partial charge in [-0.3, -0.25) is 0 Å². The number of nitrogens with zero attached hydrogens (tertiary/aromatic N) is 3. The van der Waals surface area contributed by atoms with E-state index in [2.05, 4.69) is 10.1 Å². The molecule has 0 spiro atoms. The van der Waals surface area contributed by atoms with Gasteiger partial charge in [0.25, 0.3) is 0 Å². The summed E-state index contributed by atoms with van der Waals surface area (Å²) in [5.74, 6) is 0.686. The highest BCUT2D eigenvalue weighted by Gasteiger charge is 2.12. The minimum atomic E-state index is 0.512. The summed E-state index contributed by atoms with van der Waals surface area (Å²) in [4.78, 5) is 4.27. The lowest BCUT2D eigenvalue weighted by Crippen LogP contribution is -2.00. The molecule has 6 heteroatoms. The Morgan fingerprint density at radius 3 is 2.25 bits per heavy atom. The van der Waals surface area contributed by atoms with Crippen LogP contribution >= 0.6 is 34.8 Å². The predicted octanol–water partition coefficient (Wildman–Crippen LogP) is 4.89. The molecule has 0 amide bonds. The lowest BCUT2D eigenvalue weighted by atomic mass is 10.2. The van der Waals surface area contributed by atoms with Gasteiger partial charge >= 0.3 is 0 Å². The van der Waals surface area contributed by atoms with Crippen LogP contribution in [0.15, 0.2) is 48.8 Å². The molecule has 0 saturated heterocycles. The summed E-state index contributed by atoms with van der Waals surface area (Å²) < 4.78 is 1.67. The molecule has 1 heterocycles. The van der Waals surface area contributed by atoms with Gasteiger partial charge in [0, 0.05) is 15.6 Å². The Balaban J connectivity index is 2.12. The van der Waals surface area contributed by atoms with Crippen LogP contribution in [0.3, 0.4) is 0 Å². The summed E-state index contributed by atoms with van der Waals surface area (Å²) in [6.45, 7) is 0. The number of hydrogen-bond donors (Lipinski definition) is 0. The number of hydrogen-bond acceptors (Lipinski definition) is 2. The molecule has 100 valence electrons. The second kappa shape index (κ2) is 5.44. The van der Waals surface area contributed by atoms with E-state index in [0.717, 1.165) is 11.3 Å². The maximum Gasteiger partial charge on any atom is 0.163 e. The first-order valence-electron chi connectivity index (χ1n) is 5.76. The first-order valence-corrected chi connectivity index (χ1v) is 6.90. The maximum atomic E-state index is 6.21. The Hall–Kier alpha value is -1.55. The molecule has 0 atom stereocenters. The van der Waals surface area contributed by atoms with Crippen LogP contribution in [0.5, 0.6) is 0 Å². The molecule has 0 aliphatic rings. The van der Waals surface area contributed by atoms with Crippen molar-refractivity contribution in [3.8, 4) is 17.1 Å². The zero-order valence-corrected chi connectivity index (χ0v) is 12.4. The molecule has 3 aromatic rings. The third kappa shape index (κ3) is 2.52. The predicted molar refractivity (Wildman–Crippen MR) is 81.8 cm³/mol. The molecule has 0 saturated carbocycles. The van der Waals surface area contributed by atoms with Crippen molar-refractivity contribution in [3.63, 3.8) is 0 Å². The van der Waals surface area contributed by atoms with Crippen LogP contribution in [0.4, 0.5) is 0 Å². The summed E-state index contributed by atoms with van der Waals surface area (Å²) in [5.41, 5.74) is 1.62. The Morgan fingerprint density at radius 2 is 1.55 bits per heavy atom. The number of halogens is 3. The Morgan fingerprint density at radius 1 is 0.850 bits per heavy atom. The highest BCUT2D eigenvalue weighted by atomic mass is 35.5. The van der Waals surface area contributed by atoms with Gasteiger partial charge in [-0.05, 0) is 42.5 Å². The van der Waals surface area contributed by atoms with Gasteiger partial charge in [-0.15, -0.1) is 0 Å². The smallest absolute Gasteiger partial charge is 0.163 e. The van der Waals surface area contributed by atoms with Crippen molar-refractivity contribution < 1.29 is 0 Å². The van der Waals surface area contributed by atoms with E-state index in [4.69, 9.17) is 34.8 Å². The SMILES string of the molecule is Clc1ccc(-c2ncnn2-c2ccc(Cl)cc2Cl)cc1. The van der Waals surface area contributed by atoms with Crippen molar-refractivity contribution >= 4 is 34.8 Å². The monoisotopic (exact) mass is 323 g/mol. The molecule has 2 aromatic carbocycles. The van der Waals surface area contributed by atoms with E-state index in [1.807, 2.05) is 12.1 Å². The van der Waals surface area contributed by atoms with Crippen molar-refractivity contribution in [3.05, 3.63) is 63.9 Å². The Labute approximate surface area is 130 Å². The molecule has 20 heavy (non-hydrogen) atoms. The topological polar surface area (TPSA) is 30.7 Å². The van der Waals surface area contributed by atoms with Crippen LogP contribution in [-0.2, 0) is 0 Å². The molecular formula is C14H8Cl3N3. The molecule has 0 bridgehead atoms. The van der Waals surface area contributed by atoms with E-state index in [-0.39, 0.29) is 0 Å². The summed E-state index contributed by atoms with van der Waals surface area (Å²) in [5, 5.41) is 5.98. The quantitative estimate of drug-likeness (QED) is 0.671. The van der Waals surface area contributed by atoms with Crippen molar-refractivity contribution in [1.82, 2.24) is 14.8 Å². The van der Waals surface area contributed by atoms with E-state index >= 15 is 0 Å². The van der Waals surface area contributed by atoms with Gasteiger partial charge in [0.05, 0.1) is 10.7 Å². The molecule has 3 nitrogen and oxygen atoms in total. The van der Waals surface area contributed by atoms with Crippen LogP contribution in [0.1, 0.15) is 0 Å². The average molecular weight is 325 g/mol. The lowest BCUT2D eigenvalue weighted by molar-refractivity contribution is 0.887. The van der Waals surface area contributed by atoms with Crippen LogP contribution in [0.25, 0.3) is 17.1 Å². The summed E-state index contributed by atoms with van der Waals surface area (Å²) in [7, 11) is 0. The standard InChI is InChI=1S/C14H8Cl3N3/c15-10-3-1-9(2-4-10)14-18-8-19-20(14)13-6-5-11(16)7-12(13)17/h1-8H.